The number of rotatable bonds is 4. The Labute approximate surface area is 136 Å². The number of aromatic nitrogens is 2. The molecule has 2 aromatic rings. The minimum atomic E-state index is -0.562. The van der Waals surface area contributed by atoms with Crippen LogP contribution in [0.5, 0.6) is 0 Å². The first-order chi connectivity index (χ1) is 10.8. The van der Waals surface area contributed by atoms with E-state index in [0.717, 1.165) is 17.1 Å². The Hall–Kier alpha value is -2.63. The molecule has 1 atom stereocenters. The molecule has 1 heterocycles. The molecular weight excluding hydrogens is 292 g/mol. The number of hydrogen-bond acceptors (Lipinski definition) is 3. The van der Waals surface area contributed by atoms with Gasteiger partial charge in [-0.05, 0) is 51.1 Å². The van der Waals surface area contributed by atoms with Crippen molar-refractivity contribution in [3.63, 3.8) is 0 Å². The molecule has 0 bridgehead atoms. The molecule has 1 aromatic heterocycles. The van der Waals surface area contributed by atoms with Gasteiger partial charge in [0.1, 0.15) is 6.04 Å². The van der Waals surface area contributed by atoms with E-state index in [2.05, 4.69) is 10.4 Å². The summed E-state index contributed by atoms with van der Waals surface area (Å²) in [4.78, 5) is 25.4. The van der Waals surface area contributed by atoms with E-state index in [-0.39, 0.29) is 11.8 Å². The highest BCUT2D eigenvalue weighted by Gasteiger charge is 2.18. The van der Waals surface area contributed by atoms with E-state index in [4.69, 9.17) is 0 Å². The molecule has 0 saturated carbocycles. The van der Waals surface area contributed by atoms with Crippen molar-refractivity contribution in [2.75, 3.05) is 14.1 Å². The zero-order valence-electron chi connectivity index (χ0n) is 14.1. The molecular formula is C17H22N4O2. The van der Waals surface area contributed by atoms with E-state index in [0.29, 0.717) is 5.56 Å². The maximum absolute atomic E-state index is 12.2. The van der Waals surface area contributed by atoms with Gasteiger partial charge in [0.25, 0.3) is 5.91 Å². The Kier molecular flexibility index (Phi) is 4.83. The number of hydrogen-bond donors (Lipinski definition) is 1. The molecule has 1 N–H and O–H groups in total. The lowest BCUT2D eigenvalue weighted by atomic mass is 10.1. The lowest BCUT2D eigenvalue weighted by Crippen LogP contribution is -2.44. The smallest absolute Gasteiger partial charge is 0.251 e. The monoisotopic (exact) mass is 314 g/mol. The predicted octanol–water partition coefficient (Wildman–Crippen LogP) is 1.70. The van der Waals surface area contributed by atoms with Crippen LogP contribution in [0.4, 0.5) is 0 Å². The average Bonchev–Trinajstić information content (AvgIpc) is 2.85. The van der Waals surface area contributed by atoms with E-state index in [1.807, 2.05) is 36.7 Å². The number of likely N-dealkylation sites (N-methyl/N-ethyl adjacent to an activating group) is 1. The van der Waals surface area contributed by atoms with Gasteiger partial charge < -0.3 is 10.2 Å². The highest BCUT2D eigenvalue weighted by molar-refractivity contribution is 5.97. The molecule has 0 radical (unpaired) electrons. The Bertz CT molecular complexity index is 717. The highest BCUT2D eigenvalue weighted by Crippen LogP contribution is 2.13. The zero-order chi connectivity index (χ0) is 17.1. The number of nitrogens with one attached hydrogen (secondary N) is 1. The van der Waals surface area contributed by atoms with E-state index in [1.165, 1.54) is 4.90 Å². The third kappa shape index (κ3) is 3.77. The number of carbonyl (C=O) groups is 2. The molecule has 0 aliphatic heterocycles. The van der Waals surface area contributed by atoms with Gasteiger partial charge in [-0.15, -0.1) is 0 Å². The molecule has 0 spiro atoms. The number of carbonyl (C=O) groups excluding carboxylic acids is 2. The second-order valence-electron chi connectivity index (χ2n) is 5.81. The van der Waals surface area contributed by atoms with E-state index in [9.17, 15) is 9.59 Å². The minimum Gasteiger partial charge on any atom is -0.347 e. The zero-order valence-corrected chi connectivity index (χ0v) is 14.1. The average molecular weight is 314 g/mol. The summed E-state index contributed by atoms with van der Waals surface area (Å²) in [6.07, 6.45) is 0. The molecule has 1 aromatic carbocycles. The summed E-state index contributed by atoms with van der Waals surface area (Å²) in [7, 11) is 3.32. The molecule has 0 aliphatic carbocycles. The molecule has 6 heteroatoms. The molecule has 23 heavy (non-hydrogen) atoms. The van der Waals surface area contributed by atoms with Crippen LogP contribution in [0.3, 0.4) is 0 Å². The second-order valence-corrected chi connectivity index (χ2v) is 5.81. The van der Waals surface area contributed by atoms with Crippen molar-refractivity contribution in [2.24, 2.45) is 0 Å². The van der Waals surface area contributed by atoms with Gasteiger partial charge in [-0.3, -0.25) is 9.59 Å². The van der Waals surface area contributed by atoms with Crippen LogP contribution in [0.2, 0.25) is 0 Å². The fourth-order valence-corrected chi connectivity index (χ4v) is 2.37. The normalized spacial score (nSPS) is 11.9. The first-order valence-corrected chi connectivity index (χ1v) is 7.45. The van der Waals surface area contributed by atoms with Crippen LogP contribution in [0, 0.1) is 13.8 Å². The Morgan fingerprint density at radius 1 is 1.17 bits per heavy atom. The van der Waals surface area contributed by atoms with Gasteiger partial charge in [-0.1, -0.05) is 0 Å². The third-order valence-electron chi connectivity index (χ3n) is 3.54. The lowest BCUT2D eigenvalue weighted by molar-refractivity contribution is -0.130. The van der Waals surface area contributed by atoms with Crippen LogP contribution >= 0.6 is 0 Å². The van der Waals surface area contributed by atoms with Crippen molar-refractivity contribution in [3.05, 3.63) is 47.3 Å². The van der Waals surface area contributed by atoms with Crippen molar-refractivity contribution in [1.82, 2.24) is 20.0 Å². The van der Waals surface area contributed by atoms with Gasteiger partial charge in [0.05, 0.1) is 11.4 Å². The number of amides is 2. The fourth-order valence-electron chi connectivity index (χ4n) is 2.37. The summed E-state index contributed by atoms with van der Waals surface area (Å²) >= 11 is 0. The SMILES string of the molecule is Cc1cc(C)n(-c2ccc(C(=O)NC(C)C(=O)N(C)C)cc2)n1. The van der Waals surface area contributed by atoms with Crippen LogP contribution in [0.1, 0.15) is 28.7 Å². The van der Waals surface area contributed by atoms with Gasteiger partial charge in [-0.25, -0.2) is 4.68 Å². The summed E-state index contributed by atoms with van der Waals surface area (Å²) in [5, 5.41) is 7.11. The van der Waals surface area contributed by atoms with E-state index < -0.39 is 6.04 Å². The third-order valence-corrected chi connectivity index (χ3v) is 3.54. The summed E-state index contributed by atoms with van der Waals surface area (Å²) in [5.41, 5.74) is 3.38. The van der Waals surface area contributed by atoms with Crippen LogP contribution in [-0.4, -0.2) is 46.6 Å². The number of aryl methyl sites for hydroxylation is 2. The van der Waals surface area contributed by atoms with Crippen molar-refractivity contribution >= 4 is 11.8 Å². The lowest BCUT2D eigenvalue weighted by Gasteiger charge is -2.18. The largest absolute Gasteiger partial charge is 0.347 e. The highest BCUT2D eigenvalue weighted by atomic mass is 16.2. The summed E-state index contributed by atoms with van der Waals surface area (Å²) < 4.78 is 1.83. The Morgan fingerprint density at radius 2 is 1.78 bits per heavy atom. The van der Waals surface area contributed by atoms with Crippen molar-refractivity contribution in [2.45, 2.75) is 26.8 Å². The van der Waals surface area contributed by atoms with E-state index >= 15 is 0 Å². The molecule has 1 unspecified atom stereocenters. The van der Waals surface area contributed by atoms with Gasteiger partial charge >= 0.3 is 0 Å². The van der Waals surface area contributed by atoms with Gasteiger partial charge in [0, 0.05) is 25.4 Å². The quantitative estimate of drug-likeness (QED) is 0.934. The van der Waals surface area contributed by atoms with Crippen molar-refractivity contribution in [3.8, 4) is 5.69 Å². The molecule has 122 valence electrons. The first-order valence-electron chi connectivity index (χ1n) is 7.45. The second kappa shape index (κ2) is 6.64. The van der Waals surface area contributed by atoms with Crippen molar-refractivity contribution in [1.29, 1.82) is 0 Å². The van der Waals surface area contributed by atoms with Crippen LogP contribution < -0.4 is 5.32 Å². The van der Waals surface area contributed by atoms with Crippen molar-refractivity contribution < 1.29 is 9.59 Å². The summed E-state index contributed by atoms with van der Waals surface area (Å²) in [6, 6.07) is 8.57. The predicted molar refractivity (Wildman–Crippen MR) is 88.7 cm³/mol. The van der Waals surface area contributed by atoms with Gasteiger partial charge in [0.2, 0.25) is 5.91 Å². The summed E-state index contributed by atoms with van der Waals surface area (Å²) in [5.74, 6) is -0.412. The molecule has 2 rings (SSSR count). The van der Waals surface area contributed by atoms with Gasteiger partial charge in [-0.2, -0.15) is 5.10 Å². The molecule has 0 aliphatic rings. The topological polar surface area (TPSA) is 67.2 Å². The molecule has 0 fully saturated rings. The van der Waals surface area contributed by atoms with Crippen LogP contribution in [0.15, 0.2) is 30.3 Å². The molecule has 6 nitrogen and oxygen atoms in total. The number of nitrogens with zero attached hydrogens (tertiary/aromatic N) is 3. The first kappa shape index (κ1) is 16.7. The number of benzene rings is 1. The minimum absolute atomic E-state index is 0.141. The maximum atomic E-state index is 12.2. The van der Waals surface area contributed by atoms with Gasteiger partial charge in [0.15, 0.2) is 0 Å². The molecule has 2 amide bonds. The van der Waals surface area contributed by atoms with Crippen LogP contribution in [0.25, 0.3) is 5.69 Å². The molecule has 0 saturated heterocycles. The maximum Gasteiger partial charge on any atom is 0.251 e. The fraction of sp³-hybridized carbons (Fsp3) is 0.353. The Balaban J connectivity index is 2.12. The summed E-state index contributed by atoms with van der Waals surface area (Å²) in [6.45, 7) is 5.59. The Morgan fingerprint density at radius 3 is 2.26 bits per heavy atom. The standard InChI is InChI=1S/C17H22N4O2/c1-11-10-12(2)21(19-11)15-8-6-14(7-9-15)16(22)18-13(3)17(23)20(4)5/h6-10,13H,1-5H3,(H,18,22). The van der Waals surface area contributed by atoms with Crippen LogP contribution in [-0.2, 0) is 4.79 Å². The van der Waals surface area contributed by atoms with E-state index in [1.54, 1.807) is 33.2 Å².